The third kappa shape index (κ3) is 3.39. The van der Waals surface area contributed by atoms with Crippen LogP contribution in [0.3, 0.4) is 0 Å². The molecule has 2 amide bonds. The smallest absolute Gasteiger partial charge is 0.271 e. The first kappa shape index (κ1) is 22.6. The summed E-state index contributed by atoms with van der Waals surface area (Å²) in [6.45, 7) is 16.8. The van der Waals surface area contributed by atoms with Gasteiger partial charge in [-0.1, -0.05) is 27.7 Å². The second-order valence-corrected chi connectivity index (χ2v) is 10.2. The van der Waals surface area contributed by atoms with Crippen molar-refractivity contribution in [3.8, 4) is 0 Å². The van der Waals surface area contributed by atoms with Gasteiger partial charge in [0.1, 0.15) is 11.5 Å². The number of nitrogens with two attached hydrogens (primary N) is 1. The average Bonchev–Trinajstić information content (AvgIpc) is 2.92. The van der Waals surface area contributed by atoms with Crippen LogP contribution in [0.25, 0.3) is 0 Å². The van der Waals surface area contributed by atoms with E-state index in [9.17, 15) is 9.59 Å². The lowest BCUT2D eigenvalue weighted by Gasteiger charge is -2.44. The highest BCUT2D eigenvalue weighted by Gasteiger charge is 2.53. The Morgan fingerprint density at radius 3 is 2.27 bits per heavy atom. The van der Waals surface area contributed by atoms with Crippen LogP contribution in [-0.4, -0.2) is 88.3 Å². The van der Waals surface area contributed by atoms with Gasteiger partial charge in [0, 0.05) is 50.3 Å². The number of amides is 2. The third-order valence-electron chi connectivity index (χ3n) is 6.71. The Morgan fingerprint density at radius 1 is 1.23 bits per heavy atom. The maximum absolute atomic E-state index is 13.4. The van der Waals surface area contributed by atoms with Crippen molar-refractivity contribution >= 4 is 17.6 Å². The summed E-state index contributed by atoms with van der Waals surface area (Å²) >= 11 is 0. The van der Waals surface area contributed by atoms with Crippen molar-refractivity contribution in [3.05, 3.63) is 11.3 Å². The summed E-state index contributed by atoms with van der Waals surface area (Å²) in [4.78, 5) is 38.9. The molecule has 0 aromatic heterocycles. The Hall–Kier alpha value is -2.09. The zero-order valence-corrected chi connectivity index (χ0v) is 19.8. The fraction of sp³-hybridized carbons (Fsp3) is 0.773. The average molecular weight is 419 g/mol. The van der Waals surface area contributed by atoms with E-state index in [0.29, 0.717) is 37.7 Å². The molecule has 30 heavy (non-hydrogen) atoms. The fourth-order valence-electron chi connectivity index (χ4n) is 5.04. The number of rotatable bonds is 3. The van der Waals surface area contributed by atoms with Crippen LogP contribution in [0.4, 0.5) is 0 Å². The predicted molar refractivity (Wildman–Crippen MR) is 118 cm³/mol. The zero-order valence-electron chi connectivity index (χ0n) is 19.8. The van der Waals surface area contributed by atoms with E-state index in [2.05, 4.69) is 18.7 Å². The molecule has 0 bridgehead atoms. The van der Waals surface area contributed by atoms with Crippen LogP contribution >= 0.6 is 0 Å². The molecule has 3 heterocycles. The van der Waals surface area contributed by atoms with Crippen LogP contribution in [-0.2, 0) is 9.59 Å². The van der Waals surface area contributed by atoms with Gasteiger partial charge >= 0.3 is 0 Å². The van der Waals surface area contributed by atoms with Gasteiger partial charge in [0.25, 0.3) is 5.91 Å². The van der Waals surface area contributed by atoms with Gasteiger partial charge in [-0.15, -0.1) is 0 Å². The number of carbonyl (C=O) groups is 2. The van der Waals surface area contributed by atoms with Crippen molar-refractivity contribution in [1.29, 1.82) is 0 Å². The van der Waals surface area contributed by atoms with Gasteiger partial charge in [-0.25, -0.2) is 4.99 Å². The first-order valence-corrected chi connectivity index (χ1v) is 11.0. The standard InChI is InChI=1S/C22H38N6O2/c1-9-22(7)15-16(18(29)28(22)14(2)3)25(8)20(24-17(15)23)27-12-10-26(11-13-27)19(30)21(4,5)6/h14,20H,9-13H2,1-8H3,(H2,23,24). The Balaban J connectivity index is 1.84. The molecule has 1 saturated heterocycles. The number of nitrogens with zero attached hydrogens (tertiary/aromatic N) is 5. The molecule has 0 aliphatic carbocycles. The predicted octanol–water partition coefficient (Wildman–Crippen LogP) is 1.44. The number of hydrogen-bond donors (Lipinski definition) is 1. The number of amidine groups is 1. The SMILES string of the molecule is CCC1(C)C2=C(C(=O)N1C(C)C)N(C)C(N1CCN(C(=O)C(C)(C)C)CC1)N=C2N. The van der Waals surface area contributed by atoms with E-state index in [1.807, 2.05) is 56.4 Å². The summed E-state index contributed by atoms with van der Waals surface area (Å²) in [7, 11) is 1.93. The molecule has 3 aliphatic heterocycles. The second kappa shape index (κ2) is 7.55. The number of likely N-dealkylation sites (N-methyl/N-ethyl adjacent to an activating group) is 1. The number of piperazine rings is 1. The molecule has 3 rings (SSSR count). The van der Waals surface area contributed by atoms with E-state index in [1.54, 1.807) is 0 Å². The van der Waals surface area contributed by atoms with Gasteiger partial charge in [-0.05, 0) is 27.2 Å². The lowest BCUT2D eigenvalue weighted by atomic mass is 9.87. The minimum absolute atomic E-state index is 0.0243. The lowest BCUT2D eigenvalue weighted by Crippen LogP contribution is -2.58. The molecule has 2 unspecified atom stereocenters. The number of aliphatic imine (C=N–C) groups is 1. The molecule has 1 fully saturated rings. The van der Waals surface area contributed by atoms with E-state index in [4.69, 9.17) is 10.7 Å². The summed E-state index contributed by atoms with van der Waals surface area (Å²) in [5.74, 6) is 0.655. The summed E-state index contributed by atoms with van der Waals surface area (Å²) in [5, 5.41) is 0. The lowest BCUT2D eigenvalue weighted by molar-refractivity contribution is -0.142. The van der Waals surface area contributed by atoms with Gasteiger partial charge in [0.15, 0.2) is 6.29 Å². The Morgan fingerprint density at radius 2 is 1.80 bits per heavy atom. The van der Waals surface area contributed by atoms with Gasteiger partial charge in [0.05, 0.1) is 5.54 Å². The molecule has 0 spiro atoms. The largest absolute Gasteiger partial charge is 0.384 e. The number of carbonyl (C=O) groups excluding carboxylic acids is 2. The van der Waals surface area contributed by atoms with Crippen LogP contribution in [0.1, 0.15) is 54.9 Å². The highest BCUT2D eigenvalue weighted by molar-refractivity contribution is 6.12. The Bertz CT molecular complexity index is 788. The zero-order chi connectivity index (χ0) is 22.6. The minimum atomic E-state index is -0.453. The molecule has 3 aliphatic rings. The molecule has 0 saturated carbocycles. The van der Waals surface area contributed by atoms with Crippen LogP contribution in [0, 0.1) is 5.41 Å². The molecule has 8 heteroatoms. The van der Waals surface area contributed by atoms with Crippen LogP contribution in [0.15, 0.2) is 16.3 Å². The third-order valence-corrected chi connectivity index (χ3v) is 6.71. The molecule has 2 atom stereocenters. The molecule has 0 radical (unpaired) electrons. The first-order chi connectivity index (χ1) is 13.8. The molecule has 8 nitrogen and oxygen atoms in total. The maximum Gasteiger partial charge on any atom is 0.271 e. The van der Waals surface area contributed by atoms with E-state index < -0.39 is 5.54 Å². The van der Waals surface area contributed by atoms with Crippen molar-refractivity contribution in [1.82, 2.24) is 19.6 Å². The van der Waals surface area contributed by atoms with E-state index in [0.717, 1.165) is 12.0 Å². The first-order valence-electron chi connectivity index (χ1n) is 11.0. The fourth-order valence-corrected chi connectivity index (χ4v) is 5.04. The number of hydrogen-bond acceptors (Lipinski definition) is 6. The van der Waals surface area contributed by atoms with Crippen molar-refractivity contribution in [3.63, 3.8) is 0 Å². The topological polar surface area (TPSA) is 85.5 Å². The Labute approximate surface area is 180 Å². The van der Waals surface area contributed by atoms with Crippen molar-refractivity contribution in [2.24, 2.45) is 16.1 Å². The van der Waals surface area contributed by atoms with Gasteiger partial charge in [-0.2, -0.15) is 0 Å². The van der Waals surface area contributed by atoms with Gasteiger partial charge < -0.3 is 20.4 Å². The van der Waals surface area contributed by atoms with Crippen molar-refractivity contribution in [2.75, 3.05) is 33.2 Å². The highest BCUT2D eigenvalue weighted by Crippen LogP contribution is 2.43. The molecule has 168 valence electrons. The quantitative estimate of drug-likeness (QED) is 0.750. The van der Waals surface area contributed by atoms with E-state index in [-0.39, 0.29) is 29.6 Å². The van der Waals surface area contributed by atoms with E-state index in [1.165, 1.54) is 0 Å². The van der Waals surface area contributed by atoms with E-state index >= 15 is 0 Å². The normalized spacial score (nSPS) is 28.4. The minimum Gasteiger partial charge on any atom is -0.384 e. The van der Waals surface area contributed by atoms with Gasteiger partial charge in [0.2, 0.25) is 5.91 Å². The molecule has 0 aromatic carbocycles. The summed E-state index contributed by atoms with van der Waals surface area (Å²) in [6.07, 6.45) is 0.450. The summed E-state index contributed by atoms with van der Waals surface area (Å²) in [6, 6.07) is 0.0691. The van der Waals surface area contributed by atoms with Gasteiger partial charge in [-0.3, -0.25) is 14.5 Å². The van der Waals surface area contributed by atoms with Crippen LogP contribution in [0.2, 0.25) is 0 Å². The molecule has 0 aromatic rings. The summed E-state index contributed by atoms with van der Waals surface area (Å²) in [5.41, 5.74) is 7.16. The molecule has 2 N–H and O–H groups in total. The molecular weight excluding hydrogens is 380 g/mol. The Kier molecular flexibility index (Phi) is 5.69. The second-order valence-electron chi connectivity index (χ2n) is 10.2. The van der Waals surface area contributed by atoms with Crippen LogP contribution in [0.5, 0.6) is 0 Å². The molecular formula is C22H38N6O2. The van der Waals surface area contributed by atoms with Crippen molar-refractivity contribution < 1.29 is 9.59 Å². The summed E-state index contributed by atoms with van der Waals surface area (Å²) < 4.78 is 0. The van der Waals surface area contributed by atoms with Crippen molar-refractivity contribution in [2.45, 2.75) is 72.8 Å². The maximum atomic E-state index is 13.4. The van der Waals surface area contributed by atoms with Crippen LogP contribution < -0.4 is 5.73 Å². The monoisotopic (exact) mass is 418 g/mol. The highest BCUT2D eigenvalue weighted by atomic mass is 16.2.